The van der Waals surface area contributed by atoms with Gasteiger partial charge in [0, 0.05) is 18.1 Å². The molecule has 2 aromatic carbocycles. The number of benzene rings is 2. The van der Waals surface area contributed by atoms with E-state index in [4.69, 9.17) is 21.1 Å². The molecule has 2 aromatic rings. The van der Waals surface area contributed by atoms with Gasteiger partial charge < -0.3 is 19.9 Å². The Morgan fingerprint density at radius 1 is 1.14 bits per heavy atom. The molecule has 2 saturated heterocycles. The van der Waals surface area contributed by atoms with Crippen LogP contribution in [0.3, 0.4) is 0 Å². The fourth-order valence-corrected chi connectivity index (χ4v) is 6.80. The molecule has 0 bridgehead atoms. The molecule has 0 unspecified atom stereocenters. The summed E-state index contributed by atoms with van der Waals surface area (Å²) in [7, 11) is -3.87. The molecule has 2 fully saturated rings. The fourth-order valence-electron chi connectivity index (χ4n) is 4.66. The van der Waals surface area contributed by atoms with Gasteiger partial charge in [0.15, 0.2) is 0 Å². The van der Waals surface area contributed by atoms with Gasteiger partial charge in [-0.1, -0.05) is 48.0 Å². The number of hydrogen-bond donors (Lipinski definition) is 2. The molecule has 2 heterocycles. The maximum Gasteiger partial charge on any atom is 0.243 e. The standard InChI is InChI=1S/C25H31ClN2O6S/c1-17-6-2-5-9-24(17)35(31,32)28-14-19(29)15-33-16-23-22(28)11-10-20(34-23)12-25(30)27-13-18-7-3-4-8-21(18)26/h2-9,19-20,22-23,29H,10-16H2,1H3,(H,27,30)/t19-,20-,22+,23-/m1/s1. The maximum atomic E-state index is 13.6. The van der Waals surface area contributed by atoms with Crippen molar-refractivity contribution in [1.29, 1.82) is 0 Å². The van der Waals surface area contributed by atoms with Crippen LogP contribution < -0.4 is 5.32 Å². The number of carbonyl (C=O) groups is 1. The molecule has 8 nitrogen and oxygen atoms in total. The van der Waals surface area contributed by atoms with Crippen LogP contribution in [0.15, 0.2) is 53.4 Å². The Bertz CT molecular complexity index is 1140. The van der Waals surface area contributed by atoms with Crippen molar-refractivity contribution < 1.29 is 27.8 Å². The van der Waals surface area contributed by atoms with Crippen molar-refractivity contribution >= 4 is 27.5 Å². The number of aryl methyl sites for hydroxylation is 1. The highest BCUT2D eigenvalue weighted by Gasteiger charge is 2.43. The van der Waals surface area contributed by atoms with Crippen LogP contribution in [-0.2, 0) is 30.8 Å². The first kappa shape index (κ1) is 26.1. The third-order valence-electron chi connectivity index (χ3n) is 6.46. The largest absolute Gasteiger partial charge is 0.389 e. The summed E-state index contributed by atoms with van der Waals surface area (Å²) in [6, 6.07) is 13.6. The van der Waals surface area contributed by atoms with E-state index in [2.05, 4.69) is 5.32 Å². The lowest BCUT2D eigenvalue weighted by Gasteiger charge is -2.43. The third-order valence-corrected chi connectivity index (χ3v) is 8.88. The number of hydrogen-bond acceptors (Lipinski definition) is 6. The van der Waals surface area contributed by atoms with E-state index in [1.165, 1.54) is 4.31 Å². The summed E-state index contributed by atoms with van der Waals surface area (Å²) in [4.78, 5) is 12.8. The molecule has 35 heavy (non-hydrogen) atoms. The smallest absolute Gasteiger partial charge is 0.243 e. The zero-order valence-corrected chi connectivity index (χ0v) is 21.2. The number of β-amino-alcohol motifs (C(OH)–C–C–N with tert-alkyl or cyclic N) is 1. The van der Waals surface area contributed by atoms with Gasteiger partial charge in [0.05, 0.1) is 48.9 Å². The summed E-state index contributed by atoms with van der Waals surface area (Å²) < 4.78 is 40.4. The molecule has 4 rings (SSSR count). The van der Waals surface area contributed by atoms with Crippen molar-refractivity contribution in [3.8, 4) is 0 Å². The molecule has 10 heteroatoms. The maximum absolute atomic E-state index is 13.6. The monoisotopic (exact) mass is 522 g/mol. The van der Waals surface area contributed by atoms with Gasteiger partial charge >= 0.3 is 0 Å². The first-order valence-corrected chi connectivity index (χ1v) is 13.6. The minimum atomic E-state index is -3.87. The van der Waals surface area contributed by atoms with Crippen LogP contribution in [0.4, 0.5) is 0 Å². The van der Waals surface area contributed by atoms with E-state index in [0.29, 0.717) is 30.0 Å². The van der Waals surface area contributed by atoms with E-state index in [0.717, 1.165) is 5.56 Å². The van der Waals surface area contributed by atoms with Gasteiger partial charge in [-0.25, -0.2) is 8.42 Å². The normalized spacial score (nSPS) is 25.8. The highest BCUT2D eigenvalue weighted by atomic mass is 35.5. The highest BCUT2D eigenvalue weighted by Crippen LogP contribution is 2.32. The second-order valence-corrected chi connectivity index (χ2v) is 11.3. The van der Waals surface area contributed by atoms with Gasteiger partial charge in [0.1, 0.15) is 0 Å². The zero-order chi connectivity index (χ0) is 25.0. The molecule has 2 aliphatic rings. The summed E-state index contributed by atoms with van der Waals surface area (Å²) in [5, 5.41) is 13.8. The predicted octanol–water partition coefficient (Wildman–Crippen LogP) is 2.65. The average molecular weight is 523 g/mol. The minimum Gasteiger partial charge on any atom is -0.389 e. The van der Waals surface area contributed by atoms with Crippen molar-refractivity contribution in [3.05, 3.63) is 64.7 Å². The van der Waals surface area contributed by atoms with Crippen LogP contribution in [-0.4, -0.2) is 67.8 Å². The number of aliphatic hydroxyl groups is 1. The van der Waals surface area contributed by atoms with Crippen LogP contribution in [0, 0.1) is 6.92 Å². The third kappa shape index (κ3) is 6.22. The van der Waals surface area contributed by atoms with E-state index < -0.39 is 28.3 Å². The van der Waals surface area contributed by atoms with Crippen LogP contribution in [0.5, 0.6) is 0 Å². The number of fused-ring (bicyclic) bond motifs is 1. The summed E-state index contributed by atoms with van der Waals surface area (Å²) in [6.45, 7) is 2.14. The molecule has 1 amide bonds. The van der Waals surface area contributed by atoms with Crippen molar-refractivity contribution in [3.63, 3.8) is 0 Å². The van der Waals surface area contributed by atoms with Crippen LogP contribution in [0.2, 0.25) is 5.02 Å². The van der Waals surface area contributed by atoms with Crippen LogP contribution >= 0.6 is 11.6 Å². The van der Waals surface area contributed by atoms with Crippen molar-refractivity contribution in [2.75, 3.05) is 19.8 Å². The first-order valence-electron chi connectivity index (χ1n) is 11.7. The molecule has 0 aliphatic carbocycles. The van der Waals surface area contributed by atoms with Crippen molar-refractivity contribution in [2.45, 2.75) is 62.0 Å². The summed E-state index contributed by atoms with van der Waals surface area (Å²) in [6.07, 6.45) is -0.691. The van der Waals surface area contributed by atoms with E-state index in [1.807, 2.05) is 18.2 Å². The van der Waals surface area contributed by atoms with Crippen molar-refractivity contribution in [2.24, 2.45) is 0 Å². The van der Waals surface area contributed by atoms with Gasteiger partial charge in [-0.2, -0.15) is 4.31 Å². The van der Waals surface area contributed by atoms with Gasteiger partial charge in [0.25, 0.3) is 0 Å². The molecule has 0 aromatic heterocycles. The summed E-state index contributed by atoms with van der Waals surface area (Å²) in [5.41, 5.74) is 1.47. The zero-order valence-electron chi connectivity index (χ0n) is 19.6. The molecule has 190 valence electrons. The SMILES string of the molecule is Cc1ccccc1S(=O)(=O)N1C[C@@H](O)COC[C@H]2O[C@@H](CC(=O)NCc3ccccc3Cl)CC[C@@H]21. The number of nitrogens with one attached hydrogen (secondary N) is 1. The fraction of sp³-hybridized carbons (Fsp3) is 0.480. The Labute approximate surface area is 211 Å². The van der Waals surface area contributed by atoms with Crippen LogP contribution in [0.1, 0.15) is 30.4 Å². The topological polar surface area (TPSA) is 105 Å². The average Bonchev–Trinajstić information content (AvgIpc) is 2.81. The number of aliphatic hydroxyl groups excluding tert-OH is 1. The number of amides is 1. The number of rotatable bonds is 6. The Kier molecular flexibility index (Phi) is 8.46. The first-order chi connectivity index (χ1) is 16.8. The van der Waals surface area contributed by atoms with E-state index in [9.17, 15) is 18.3 Å². The Morgan fingerprint density at radius 2 is 1.89 bits per heavy atom. The minimum absolute atomic E-state index is 0.00929. The van der Waals surface area contributed by atoms with Gasteiger partial charge in [0.2, 0.25) is 15.9 Å². The molecule has 4 atom stereocenters. The molecular weight excluding hydrogens is 492 g/mol. The lowest BCUT2D eigenvalue weighted by molar-refractivity contribution is -0.146. The second-order valence-electron chi connectivity index (χ2n) is 9.05. The lowest BCUT2D eigenvalue weighted by atomic mass is 9.96. The number of halogens is 1. The summed E-state index contributed by atoms with van der Waals surface area (Å²) >= 11 is 6.16. The van der Waals surface area contributed by atoms with E-state index in [-0.39, 0.29) is 43.1 Å². The van der Waals surface area contributed by atoms with Crippen molar-refractivity contribution in [1.82, 2.24) is 9.62 Å². The molecule has 2 N–H and O–H groups in total. The summed E-state index contributed by atoms with van der Waals surface area (Å²) in [5.74, 6) is -0.167. The molecular formula is C25H31ClN2O6S. The van der Waals surface area contributed by atoms with Crippen LogP contribution in [0.25, 0.3) is 0 Å². The quantitative estimate of drug-likeness (QED) is 0.604. The highest BCUT2D eigenvalue weighted by molar-refractivity contribution is 7.89. The predicted molar refractivity (Wildman–Crippen MR) is 131 cm³/mol. The second kappa shape index (κ2) is 11.4. The van der Waals surface area contributed by atoms with Gasteiger partial charge in [-0.3, -0.25) is 4.79 Å². The number of ether oxygens (including phenoxy) is 2. The number of sulfonamides is 1. The Morgan fingerprint density at radius 3 is 2.66 bits per heavy atom. The Hall–Kier alpha value is -2.01. The Balaban J connectivity index is 1.44. The van der Waals surface area contributed by atoms with Gasteiger partial charge in [-0.15, -0.1) is 0 Å². The number of carbonyl (C=O) groups excluding carboxylic acids is 1. The van der Waals surface area contributed by atoms with E-state index >= 15 is 0 Å². The lowest BCUT2D eigenvalue weighted by Crippen LogP contribution is -2.57. The molecule has 0 saturated carbocycles. The van der Waals surface area contributed by atoms with E-state index in [1.54, 1.807) is 37.3 Å². The molecule has 0 spiro atoms. The van der Waals surface area contributed by atoms with Gasteiger partial charge in [-0.05, 0) is 43.0 Å². The molecule has 0 radical (unpaired) electrons. The number of nitrogens with zero attached hydrogens (tertiary/aromatic N) is 1. The molecule has 2 aliphatic heterocycles.